The Morgan fingerprint density at radius 3 is 0.954 bits per heavy atom. The average Bonchev–Trinajstić information content (AvgIpc) is 0.828. The molecule has 12 rings (SSSR count). The van der Waals surface area contributed by atoms with Gasteiger partial charge in [-0.05, 0) is 166 Å². The maximum Gasteiger partial charge on any atom is 1.00 e. The zero-order valence-corrected chi connectivity index (χ0v) is 86.7. The van der Waals surface area contributed by atoms with Gasteiger partial charge in [0.15, 0.2) is 0 Å². The zero-order chi connectivity index (χ0) is 95.3. The Morgan fingerprint density at radius 1 is 0.369 bits per heavy atom. The summed E-state index contributed by atoms with van der Waals surface area (Å²) in [4.78, 5) is 40.3. The molecule has 12 aromatic rings. The summed E-state index contributed by atoms with van der Waals surface area (Å²) in [5.74, 6) is -0.373. The second-order valence-electron chi connectivity index (χ2n) is 37.8. The van der Waals surface area contributed by atoms with Gasteiger partial charge < -0.3 is 33.6 Å². The van der Waals surface area contributed by atoms with Crippen LogP contribution in [0.5, 0.6) is 0 Å². The van der Waals surface area contributed by atoms with E-state index in [1.807, 2.05) is 147 Å². The number of nitrogens with zero attached hydrogens (tertiary/aromatic N) is 1. The van der Waals surface area contributed by atoms with Crippen LogP contribution in [0.4, 0.5) is 9.59 Å². The van der Waals surface area contributed by atoms with Crippen LogP contribution in [0, 0.1) is 27.7 Å². The summed E-state index contributed by atoms with van der Waals surface area (Å²) in [5, 5.41) is 15.6. The summed E-state index contributed by atoms with van der Waals surface area (Å²) in [6.45, 7) is 48.1. The molecule has 12 aromatic carbocycles. The maximum absolute atomic E-state index is 11.9. The van der Waals surface area contributed by atoms with Gasteiger partial charge in [0.05, 0.1) is 11.8 Å². The molecule has 0 aliphatic heterocycles. The van der Waals surface area contributed by atoms with Crippen LogP contribution in [-0.4, -0.2) is 47.1 Å². The second kappa shape index (κ2) is 57.4. The summed E-state index contributed by atoms with van der Waals surface area (Å²) in [7, 11) is -1.97. The summed E-state index contributed by atoms with van der Waals surface area (Å²) in [6, 6.07) is 106. The van der Waals surface area contributed by atoms with Crippen molar-refractivity contribution in [2.75, 3.05) is 0 Å². The van der Waals surface area contributed by atoms with Crippen molar-refractivity contribution in [2.45, 2.75) is 253 Å². The van der Waals surface area contributed by atoms with Crippen molar-refractivity contribution in [1.82, 2.24) is 10.6 Å². The van der Waals surface area contributed by atoms with Crippen LogP contribution in [0.2, 0.25) is 0 Å². The molecular formula is C115H142BrClN3NaO8S. The van der Waals surface area contributed by atoms with Crippen molar-refractivity contribution < 1.29 is 66.9 Å². The molecule has 0 fully saturated rings. The topological polar surface area (TPSA) is 160 Å². The average molecular weight is 1860 g/mol. The fourth-order valence-electron chi connectivity index (χ4n) is 12.7. The molecule has 2 amide bonds. The maximum atomic E-state index is 11.9. The number of carboxylic acids is 1. The SMILES string of the molecule is CC(C)(C)c1ccc(CBr)cc1.CC(C)(C)c1ccc(CC(NC(=O)OCc2ccccc2)C(=O)O)cc1.CC(Cc1ccc(C(C)(C)C)cc1)N=C(c1ccccc1)c1ccccc1.CC(Cc1ccc(C(C)(C)C)cc1)NC(=O)OCc1ccccc1.CCc1ccc(C)cc1.Cc1ccc(C(C)(C)C)cc1.Cc1ccc(CCl)cc1.Cc1ccc(C[S-](=O)=O)cc1.[Na+]. The molecule has 0 aliphatic carbocycles. The number of aryl methyl sites for hydroxylation is 5. The number of alkyl halides is 2. The minimum Gasteiger partial charge on any atom is -0.480 e. The van der Waals surface area contributed by atoms with Crippen molar-refractivity contribution >= 4 is 62.1 Å². The monoisotopic (exact) mass is 1860 g/mol. The molecule has 3 N–H and O–H groups in total. The summed E-state index contributed by atoms with van der Waals surface area (Å²) < 4.78 is 30.9. The largest absolute Gasteiger partial charge is 1.00 e. The van der Waals surface area contributed by atoms with Crippen LogP contribution < -0.4 is 40.2 Å². The van der Waals surface area contributed by atoms with E-state index in [-0.39, 0.29) is 93.6 Å². The first-order valence-corrected chi connectivity index (χ1v) is 47.5. The van der Waals surface area contributed by atoms with Gasteiger partial charge in [-0.2, -0.15) is 0 Å². The number of carboxylic acid groups (broad SMARTS) is 1. The van der Waals surface area contributed by atoms with Crippen LogP contribution in [0.15, 0.2) is 320 Å². The summed E-state index contributed by atoms with van der Waals surface area (Å²) >= 11 is 9.01. The van der Waals surface area contributed by atoms with E-state index in [0.29, 0.717) is 12.5 Å². The molecule has 0 heterocycles. The van der Waals surface area contributed by atoms with Crippen molar-refractivity contribution in [3.8, 4) is 0 Å². The Kier molecular flexibility index (Phi) is 49.6. The third-order valence-corrected chi connectivity index (χ3v) is 22.4. The summed E-state index contributed by atoms with van der Waals surface area (Å²) in [6.07, 6.45) is 1.93. The Morgan fingerprint density at radius 2 is 0.646 bits per heavy atom. The normalized spacial score (nSPS) is 11.6. The van der Waals surface area contributed by atoms with E-state index >= 15 is 0 Å². The molecule has 130 heavy (non-hydrogen) atoms. The van der Waals surface area contributed by atoms with E-state index in [2.05, 4.69) is 347 Å². The minimum atomic E-state index is -1.97. The standard InChI is InChI=1S/C26H29N.C21H25NO4.C21H27NO2.C11H15Br.C11H16.C9H12.C8H9Cl.C8H9O2S.Na/c1-20(19-21-15-17-24(18-16-21)26(2,3)4)27-25(22-11-7-5-8-12-22)23-13-9-6-10-14-23;1-21(2,3)17-11-9-15(10-12-17)13-18(19(23)24)22-20(25)26-14-16-7-5-4-6-8-16;1-16(14-17-10-12-19(13-11-17)21(2,3)4)22-20(23)24-15-18-8-6-5-7-9-18;1-11(2,3)10-6-4-9(8-12)5-7-10;1-9-5-7-10(8-6-9)11(2,3)4;1-3-9-6-4-8(2)5-7-9;1-7-2-4-8(6-9)5-3-7;1-7-2-4-8(5-3-7)6-11(9)10;/h5-18,20H,19H2,1-4H3;4-12,18H,13-14H2,1-3H3,(H,22,25)(H,23,24);5-13,16H,14-15H2,1-4H3,(H,22,23);4-7H,8H2,1-3H3;5-8H,1-4H3;4-7H,3H2,1-2H3;2-5H,6H2,1H3;2-5H,6H2,1H3;/q;;;;;;;-1;+1. The van der Waals surface area contributed by atoms with Gasteiger partial charge in [-0.25, -0.2) is 14.4 Å². The molecule has 0 radical (unpaired) electrons. The van der Waals surface area contributed by atoms with E-state index in [0.717, 1.165) is 58.1 Å². The zero-order valence-electron chi connectivity index (χ0n) is 81.5. The smallest absolute Gasteiger partial charge is 0.480 e. The number of nitrogens with one attached hydrogen (secondary N) is 2. The summed E-state index contributed by atoms with van der Waals surface area (Å²) in [5.41, 5.74) is 26.1. The number of aliphatic imine (C=N–C) groups is 1. The van der Waals surface area contributed by atoms with Gasteiger partial charge in [-0.15, -0.1) is 11.6 Å². The molecule has 3 unspecified atom stereocenters. The predicted molar refractivity (Wildman–Crippen MR) is 548 cm³/mol. The quantitative estimate of drug-likeness (QED) is 0.0277. The molecule has 0 aliphatic rings. The number of amides is 2. The van der Waals surface area contributed by atoms with E-state index in [1.54, 1.807) is 0 Å². The molecule has 0 aromatic heterocycles. The van der Waals surface area contributed by atoms with Crippen LogP contribution in [0.25, 0.3) is 0 Å². The van der Waals surface area contributed by atoms with Crippen LogP contribution in [0.1, 0.15) is 236 Å². The molecule has 0 saturated heterocycles. The van der Waals surface area contributed by atoms with Crippen LogP contribution >= 0.6 is 27.5 Å². The molecule has 3 atom stereocenters. The van der Waals surface area contributed by atoms with E-state index < -0.39 is 28.8 Å². The van der Waals surface area contributed by atoms with Crippen molar-refractivity contribution in [3.63, 3.8) is 0 Å². The number of alkyl carbamates (subject to hydrolysis) is 2. The first-order chi connectivity index (χ1) is 60.9. The van der Waals surface area contributed by atoms with Crippen molar-refractivity contribution in [3.05, 3.63) is 427 Å². The number of carbonyl (C=O) groups excluding carboxylic acids is 2. The molecule has 15 heteroatoms. The molecule has 0 spiro atoms. The number of carbonyl (C=O) groups is 3. The molecule has 11 nitrogen and oxygen atoms in total. The fraction of sp³-hybridized carbons (Fsp3) is 0.339. The third-order valence-electron chi connectivity index (χ3n) is 20.9. The molecule has 686 valence electrons. The Hall–Kier alpha value is -9.96. The van der Waals surface area contributed by atoms with Crippen LogP contribution in [-0.2, 0) is 116 Å². The van der Waals surface area contributed by atoms with Gasteiger partial charge in [-0.3, -0.25) is 4.99 Å². The van der Waals surface area contributed by atoms with E-state index in [4.69, 9.17) is 26.1 Å². The minimum absolute atomic E-state index is 0. The Balaban J connectivity index is 0.000000322. The molecule has 0 bridgehead atoms. The first kappa shape index (κ1) is 112. The van der Waals surface area contributed by atoms with Crippen molar-refractivity contribution in [1.29, 1.82) is 0 Å². The van der Waals surface area contributed by atoms with Gasteiger partial charge in [-0.1, -0.05) is 481 Å². The van der Waals surface area contributed by atoms with Gasteiger partial charge in [0, 0.05) is 34.8 Å². The van der Waals surface area contributed by atoms with Gasteiger partial charge in [0.25, 0.3) is 0 Å². The second-order valence-corrected chi connectivity index (χ2v) is 39.5. The molecule has 0 saturated carbocycles. The third kappa shape index (κ3) is 45.7. The van der Waals surface area contributed by atoms with E-state index in [9.17, 15) is 27.9 Å². The fourth-order valence-corrected chi connectivity index (χ4v) is 13.7. The Labute approximate surface area is 818 Å². The number of ether oxygens (including phenoxy) is 2. The number of benzene rings is 12. The predicted octanol–water partition coefficient (Wildman–Crippen LogP) is 26.5. The first-order valence-electron chi connectivity index (χ1n) is 44.6. The van der Waals surface area contributed by atoms with Gasteiger partial charge in [0.1, 0.15) is 19.3 Å². The van der Waals surface area contributed by atoms with Crippen LogP contribution in [0.3, 0.4) is 0 Å². The number of aliphatic carboxylic acids is 1. The number of rotatable bonds is 21. The Bertz CT molecular complexity index is 5200. The van der Waals surface area contributed by atoms with Gasteiger partial charge >= 0.3 is 47.7 Å². The van der Waals surface area contributed by atoms with Crippen molar-refractivity contribution in [2.24, 2.45) is 4.99 Å². The van der Waals surface area contributed by atoms with Gasteiger partial charge in [0.2, 0.25) is 0 Å². The number of hydrogen-bond acceptors (Lipinski definition) is 9. The molecular weight excluding hydrogens is 1720 g/mol. The van der Waals surface area contributed by atoms with E-state index in [1.165, 1.54) is 83.5 Å². The number of hydrogen-bond donors (Lipinski definition) is 3. The number of halogens is 2.